The van der Waals surface area contributed by atoms with E-state index >= 15 is 0 Å². The van der Waals surface area contributed by atoms with Gasteiger partial charge in [0.2, 0.25) is 0 Å². The van der Waals surface area contributed by atoms with Gasteiger partial charge in [-0.3, -0.25) is 14.5 Å². The minimum Gasteiger partial charge on any atom is -0.462 e. The van der Waals surface area contributed by atoms with Crippen molar-refractivity contribution in [3.63, 3.8) is 0 Å². The van der Waals surface area contributed by atoms with Gasteiger partial charge in [-0.05, 0) is 42.6 Å². The number of fused-ring (bicyclic) bond motifs is 1. The first-order valence-corrected chi connectivity index (χ1v) is 10.8. The summed E-state index contributed by atoms with van der Waals surface area (Å²) in [5.41, 5.74) is 4.15. The third-order valence-electron chi connectivity index (χ3n) is 5.55. The fourth-order valence-electron chi connectivity index (χ4n) is 3.85. The van der Waals surface area contributed by atoms with Crippen LogP contribution in [0.4, 0.5) is 23.7 Å². The molecule has 1 amide bonds. The summed E-state index contributed by atoms with van der Waals surface area (Å²) in [5.74, 6) is -0.440. The summed E-state index contributed by atoms with van der Waals surface area (Å²) in [4.78, 5) is 40.6. The van der Waals surface area contributed by atoms with E-state index in [9.17, 15) is 27.6 Å². The van der Waals surface area contributed by atoms with E-state index in [1.165, 1.54) is 35.2 Å². The minimum atomic E-state index is -4.59. The lowest BCUT2D eigenvalue weighted by Crippen LogP contribution is -2.26. The second-order valence-corrected chi connectivity index (χ2v) is 8.02. The summed E-state index contributed by atoms with van der Waals surface area (Å²) in [6.45, 7) is 0.351. The topological polar surface area (TPSA) is 115 Å². The average molecular weight is 526 g/mol. The number of halogens is 4. The van der Waals surface area contributed by atoms with Gasteiger partial charge in [0.05, 0.1) is 12.1 Å². The van der Waals surface area contributed by atoms with Crippen molar-refractivity contribution < 1.29 is 32.2 Å². The Morgan fingerprint density at radius 3 is 2.64 bits per heavy atom. The van der Waals surface area contributed by atoms with Gasteiger partial charge < -0.3 is 20.2 Å². The molecule has 1 aliphatic heterocycles. The molecule has 1 aliphatic rings. The Labute approximate surface area is 209 Å². The number of esters is 1. The zero-order valence-electron chi connectivity index (χ0n) is 18.8. The monoisotopic (exact) mass is 525 g/mol. The number of alkyl halides is 3. The first kappa shape index (κ1) is 27.0. The van der Waals surface area contributed by atoms with E-state index in [1.54, 1.807) is 12.1 Å². The average Bonchev–Trinajstić information content (AvgIpc) is 3.21. The SMILES string of the molecule is Cl.NCCCC(=O)OCC1CN(c2ccc3cc(-c4ccccc4C(F)(F)F)[nH]c(=O)c3c2)C(=O)O1. The summed E-state index contributed by atoms with van der Waals surface area (Å²) in [6.07, 6.45) is -5.27. The van der Waals surface area contributed by atoms with Gasteiger partial charge >= 0.3 is 18.2 Å². The van der Waals surface area contributed by atoms with E-state index in [2.05, 4.69) is 4.98 Å². The van der Waals surface area contributed by atoms with Gasteiger partial charge in [-0.2, -0.15) is 13.2 Å². The molecule has 1 atom stereocenters. The number of carbonyl (C=O) groups excluding carboxylic acids is 2. The highest BCUT2D eigenvalue weighted by atomic mass is 35.5. The lowest BCUT2D eigenvalue weighted by molar-refractivity contribution is -0.146. The van der Waals surface area contributed by atoms with Crippen molar-refractivity contribution in [3.8, 4) is 11.3 Å². The molecule has 0 spiro atoms. The number of carbonyl (C=O) groups is 2. The lowest BCUT2D eigenvalue weighted by atomic mass is 10.0. The number of nitrogens with one attached hydrogen (secondary N) is 1. The normalized spacial score (nSPS) is 15.5. The minimum absolute atomic E-state index is 0. The van der Waals surface area contributed by atoms with Crippen LogP contribution in [0.3, 0.4) is 0 Å². The maximum Gasteiger partial charge on any atom is 0.417 e. The second kappa shape index (κ2) is 11.0. The molecule has 4 rings (SSSR count). The number of benzene rings is 2. The molecule has 2 heterocycles. The van der Waals surface area contributed by atoms with E-state index in [4.69, 9.17) is 15.2 Å². The van der Waals surface area contributed by atoms with Gasteiger partial charge in [0, 0.05) is 28.8 Å². The van der Waals surface area contributed by atoms with Crippen molar-refractivity contribution in [1.29, 1.82) is 0 Å². The molecule has 12 heteroatoms. The Morgan fingerprint density at radius 1 is 1.17 bits per heavy atom. The first-order valence-electron chi connectivity index (χ1n) is 10.8. The van der Waals surface area contributed by atoms with Gasteiger partial charge in [-0.15, -0.1) is 12.4 Å². The Bertz CT molecular complexity index is 1330. The number of aromatic amines is 1. The van der Waals surface area contributed by atoms with Crippen molar-refractivity contribution in [3.05, 3.63) is 64.4 Å². The number of rotatable bonds is 7. The third-order valence-corrected chi connectivity index (χ3v) is 5.55. The van der Waals surface area contributed by atoms with Gasteiger partial charge in [0.1, 0.15) is 6.61 Å². The fraction of sp³-hybridized carbons (Fsp3) is 0.292. The van der Waals surface area contributed by atoms with Crippen molar-refractivity contribution >= 4 is 40.9 Å². The molecule has 3 aromatic rings. The maximum absolute atomic E-state index is 13.4. The Hall–Kier alpha value is -3.57. The van der Waals surface area contributed by atoms with Crippen LogP contribution in [0.15, 0.2) is 53.3 Å². The highest BCUT2D eigenvalue weighted by molar-refractivity contribution is 5.94. The van der Waals surface area contributed by atoms with Crippen LogP contribution in [0.5, 0.6) is 0 Å². The molecular weight excluding hydrogens is 503 g/mol. The summed E-state index contributed by atoms with van der Waals surface area (Å²) in [6, 6.07) is 11.0. The highest BCUT2D eigenvalue weighted by Gasteiger charge is 2.34. The molecule has 36 heavy (non-hydrogen) atoms. The zero-order chi connectivity index (χ0) is 25.2. The number of hydrogen-bond donors (Lipinski definition) is 2. The third kappa shape index (κ3) is 5.80. The van der Waals surface area contributed by atoms with Crippen LogP contribution in [0, 0.1) is 0 Å². The number of amides is 1. The van der Waals surface area contributed by atoms with E-state index < -0.39 is 35.5 Å². The quantitative estimate of drug-likeness (QED) is 0.446. The number of anilines is 1. The number of nitrogens with zero attached hydrogens (tertiary/aromatic N) is 1. The van der Waals surface area contributed by atoms with E-state index in [1.807, 2.05) is 0 Å². The number of ether oxygens (including phenoxy) is 2. The van der Waals surface area contributed by atoms with E-state index in [-0.39, 0.29) is 48.6 Å². The second-order valence-electron chi connectivity index (χ2n) is 8.02. The van der Waals surface area contributed by atoms with Crippen LogP contribution in [-0.2, 0) is 20.4 Å². The smallest absolute Gasteiger partial charge is 0.417 e. The molecule has 192 valence electrons. The van der Waals surface area contributed by atoms with Crippen LogP contribution in [0.25, 0.3) is 22.0 Å². The van der Waals surface area contributed by atoms with Gasteiger partial charge in [-0.1, -0.05) is 24.3 Å². The lowest BCUT2D eigenvalue weighted by Gasteiger charge is -2.15. The zero-order valence-corrected chi connectivity index (χ0v) is 19.7. The Balaban J connectivity index is 0.00000361. The van der Waals surface area contributed by atoms with Gasteiger partial charge in [0.15, 0.2) is 6.10 Å². The maximum atomic E-state index is 13.4. The summed E-state index contributed by atoms with van der Waals surface area (Å²) in [5, 5.41) is 0.600. The number of hydrogen-bond acceptors (Lipinski definition) is 6. The molecule has 1 aromatic heterocycles. The molecule has 1 unspecified atom stereocenters. The number of aromatic nitrogens is 1. The summed E-state index contributed by atoms with van der Waals surface area (Å²) >= 11 is 0. The van der Waals surface area contributed by atoms with Crippen molar-refractivity contribution in [2.75, 3.05) is 24.6 Å². The molecule has 0 aliphatic carbocycles. The predicted molar refractivity (Wildman–Crippen MR) is 129 cm³/mol. The first-order chi connectivity index (χ1) is 16.7. The van der Waals surface area contributed by atoms with Crippen LogP contribution in [0.1, 0.15) is 18.4 Å². The van der Waals surface area contributed by atoms with Gasteiger partial charge in [0.25, 0.3) is 5.56 Å². The Kier molecular flexibility index (Phi) is 8.26. The largest absolute Gasteiger partial charge is 0.462 e. The van der Waals surface area contributed by atoms with Crippen LogP contribution in [-0.4, -0.2) is 42.8 Å². The van der Waals surface area contributed by atoms with Crippen molar-refractivity contribution in [1.82, 2.24) is 4.98 Å². The molecule has 0 bridgehead atoms. The molecule has 8 nitrogen and oxygen atoms in total. The van der Waals surface area contributed by atoms with Crippen molar-refractivity contribution in [2.45, 2.75) is 25.1 Å². The number of H-pyrrole nitrogens is 1. The molecule has 2 aromatic carbocycles. The molecule has 1 fully saturated rings. The Morgan fingerprint density at radius 2 is 1.92 bits per heavy atom. The molecule has 1 saturated heterocycles. The van der Waals surface area contributed by atoms with Crippen molar-refractivity contribution in [2.24, 2.45) is 5.73 Å². The number of nitrogens with two attached hydrogens (primary N) is 1. The van der Waals surface area contributed by atoms with Crippen LogP contribution >= 0.6 is 12.4 Å². The molecule has 0 saturated carbocycles. The number of cyclic esters (lactones) is 1. The summed E-state index contributed by atoms with van der Waals surface area (Å²) < 4.78 is 50.6. The molecular formula is C24H23ClF3N3O5. The highest BCUT2D eigenvalue weighted by Crippen LogP contribution is 2.36. The fourth-order valence-corrected chi connectivity index (χ4v) is 3.85. The van der Waals surface area contributed by atoms with Gasteiger partial charge in [-0.25, -0.2) is 4.79 Å². The van der Waals surface area contributed by atoms with Crippen LogP contribution in [0.2, 0.25) is 0 Å². The summed E-state index contributed by atoms with van der Waals surface area (Å²) in [7, 11) is 0. The van der Waals surface area contributed by atoms with E-state index in [0.29, 0.717) is 24.0 Å². The van der Waals surface area contributed by atoms with Crippen LogP contribution < -0.4 is 16.2 Å². The molecule has 3 N–H and O–H groups in total. The van der Waals surface area contributed by atoms with E-state index in [0.717, 1.165) is 6.07 Å². The standard InChI is InChI=1S/C24H22F3N3O5.ClH/c25-24(26,27)19-5-2-1-4-17(19)20-10-14-7-8-15(11-18(14)22(32)29-20)30-12-16(35-23(30)33)13-34-21(31)6-3-9-28;/h1-2,4-5,7-8,10-11,16H,3,6,9,12-13,28H2,(H,29,32);1H. The predicted octanol–water partition coefficient (Wildman–Crippen LogP) is 4.24. The molecule has 0 radical (unpaired) electrons. The number of pyridine rings is 1.